The molecule has 5 atom stereocenters. The number of carbonyl (C=O) groups is 3. The van der Waals surface area contributed by atoms with E-state index in [1.807, 2.05) is 0 Å². The smallest absolute Gasteiger partial charge is 0.463 e. The highest BCUT2D eigenvalue weighted by atomic mass is 31.2. The first-order valence-electron chi connectivity index (χ1n) is 40.7. The number of rotatable bonds is 75. The van der Waals surface area contributed by atoms with Crippen molar-refractivity contribution in [2.24, 2.45) is 0 Å². The van der Waals surface area contributed by atoms with Crippen LogP contribution in [0.15, 0.2) is 194 Å². The molecule has 4 N–H and O–H groups in total. The zero-order valence-electron chi connectivity index (χ0n) is 66.2. The molecule has 606 valence electrons. The molecule has 0 aliphatic rings. The van der Waals surface area contributed by atoms with E-state index in [0.29, 0.717) is 19.3 Å². The Morgan fingerprint density at radius 2 is 0.467 bits per heavy atom. The van der Waals surface area contributed by atoms with Crippen LogP contribution >= 0.6 is 15.6 Å². The lowest BCUT2D eigenvalue weighted by atomic mass is 10.0. The summed E-state index contributed by atoms with van der Waals surface area (Å²) in [5.41, 5.74) is 0. The molecular formula is C89H144O16P2. The largest absolute Gasteiger partial charge is 0.472 e. The van der Waals surface area contributed by atoms with Gasteiger partial charge in [-0.15, -0.1) is 0 Å². The molecule has 0 amide bonds. The SMILES string of the molecule is CC/C=C\C/C=C\C/C=C\C/C=C\C/C=C\C/C=C\CCCCCCC(=O)OCC(COP(=O)(O)OCC(O)COP(=O)(O)OCC(O)COC(=O)CCCCCCCCCCCCC/C=C\C/C=C\C/C=C\C/C=C\C/C=C\CC)OC(=O)CCCCCCC/C=C\C/C=C\C/C=C\C/C=C\C/C=C\CC. The van der Waals surface area contributed by atoms with Crippen molar-refractivity contribution in [1.29, 1.82) is 0 Å². The average Bonchev–Trinajstić information content (AvgIpc) is 0.906. The number of hydrogen-bond acceptors (Lipinski definition) is 14. The highest BCUT2D eigenvalue weighted by Gasteiger charge is 2.29. The van der Waals surface area contributed by atoms with E-state index in [9.17, 15) is 43.5 Å². The van der Waals surface area contributed by atoms with Gasteiger partial charge in [-0.2, -0.15) is 0 Å². The van der Waals surface area contributed by atoms with Crippen molar-refractivity contribution < 1.29 is 75.8 Å². The summed E-state index contributed by atoms with van der Waals surface area (Å²) >= 11 is 0. The van der Waals surface area contributed by atoms with E-state index >= 15 is 0 Å². The predicted molar refractivity (Wildman–Crippen MR) is 444 cm³/mol. The quantitative estimate of drug-likeness (QED) is 0.0146. The number of aliphatic hydroxyl groups excluding tert-OH is 2. The number of esters is 3. The number of phosphoric ester groups is 2. The fourth-order valence-electron chi connectivity index (χ4n) is 10.2. The highest BCUT2D eigenvalue weighted by Crippen LogP contribution is 2.45. The summed E-state index contributed by atoms with van der Waals surface area (Å²) < 4.78 is 61.2. The molecule has 0 spiro atoms. The van der Waals surface area contributed by atoms with E-state index in [4.69, 9.17) is 32.3 Å². The zero-order chi connectivity index (χ0) is 78.0. The van der Waals surface area contributed by atoms with Crippen molar-refractivity contribution in [2.45, 2.75) is 309 Å². The Kier molecular flexibility index (Phi) is 75.7. The second-order valence-corrected chi connectivity index (χ2v) is 29.3. The molecular weight excluding hydrogens is 1390 g/mol. The number of phosphoric acid groups is 2. The molecule has 5 unspecified atom stereocenters. The maximum atomic E-state index is 13.0. The van der Waals surface area contributed by atoms with Crippen LogP contribution in [0.3, 0.4) is 0 Å². The van der Waals surface area contributed by atoms with Crippen LogP contribution in [-0.4, -0.2) is 95.9 Å². The van der Waals surface area contributed by atoms with Gasteiger partial charge in [0.25, 0.3) is 0 Å². The maximum Gasteiger partial charge on any atom is 0.472 e. The van der Waals surface area contributed by atoms with Crippen molar-refractivity contribution in [2.75, 3.05) is 39.6 Å². The van der Waals surface area contributed by atoms with Crippen LogP contribution in [0.4, 0.5) is 0 Å². The standard InChI is InChI=1S/C89H144O16P2/c1-4-7-10-13-16-19-22-25-28-31-34-37-39-40-41-42-44-47-48-51-54-57-60-63-66-69-72-75-87(92)99-78-84(90)79-101-106(95,96)102-80-85(91)81-103-107(97,98)104-83-86(105-89(94)77-74-71-68-65-62-59-56-53-50-45-36-33-30-27-24-21-18-15-12-9-6-3)82-100-88(93)76-73-70-67-64-61-58-55-52-49-46-43-38-35-32-29-26-23-20-17-14-11-8-5-2/h7-12,16-21,25-30,34-38,40-41,45-46,49,53,55-56,58,84-86,90-91H,4-6,13-15,22-24,31-33,39,42-44,47-48,50-52,54,57,59-83H2,1-3H3,(H,95,96)(H,97,98)/b10-7-,11-8-,12-9-,19-16-,20-17-,21-18-,28-25-,29-26-,30-27-,37-34-,38-35-,41-40-,45-36-,49-46-,56-53-,58-55-. The number of allylic oxidation sites excluding steroid dienone is 32. The van der Waals surface area contributed by atoms with Gasteiger partial charge >= 0.3 is 33.6 Å². The van der Waals surface area contributed by atoms with Crippen LogP contribution in [0.1, 0.15) is 290 Å². The molecule has 107 heavy (non-hydrogen) atoms. The molecule has 0 rings (SSSR count). The van der Waals surface area contributed by atoms with E-state index in [0.717, 1.165) is 193 Å². The Balaban J connectivity index is 4.72. The Labute approximate surface area is 648 Å². The first-order valence-corrected chi connectivity index (χ1v) is 43.7. The van der Waals surface area contributed by atoms with Crippen LogP contribution < -0.4 is 0 Å². The molecule has 0 radical (unpaired) electrons. The molecule has 0 aliphatic carbocycles. The summed E-state index contributed by atoms with van der Waals surface area (Å²) in [6.07, 6.45) is 105. The number of carbonyl (C=O) groups excluding carboxylic acids is 3. The summed E-state index contributed by atoms with van der Waals surface area (Å²) in [5, 5.41) is 20.7. The van der Waals surface area contributed by atoms with Gasteiger partial charge in [0.05, 0.1) is 26.4 Å². The number of ether oxygens (including phenoxy) is 3. The third-order valence-corrected chi connectivity index (χ3v) is 18.2. The molecule has 0 saturated heterocycles. The summed E-state index contributed by atoms with van der Waals surface area (Å²) in [6.45, 7) is 2.27. The summed E-state index contributed by atoms with van der Waals surface area (Å²) in [4.78, 5) is 58.8. The predicted octanol–water partition coefficient (Wildman–Crippen LogP) is 24.3. The van der Waals surface area contributed by atoms with Crippen LogP contribution in [0.2, 0.25) is 0 Å². The molecule has 0 aliphatic heterocycles. The zero-order valence-corrected chi connectivity index (χ0v) is 68.0. The van der Waals surface area contributed by atoms with Gasteiger partial charge in [0.15, 0.2) is 6.10 Å². The monoisotopic (exact) mass is 1530 g/mol. The molecule has 0 bridgehead atoms. The third-order valence-electron chi connectivity index (χ3n) is 16.3. The lowest BCUT2D eigenvalue weighted by Crippen LogP contribution is -2.30. The van der Waals surface area contributed by atoms with Crippen LogP contribution in [-0.2, 0) is 55.8 Å². The van der Waals surface area contributed by atoms with E-state index in [1.54, 1.807) is 0 Å². The van der Waals surface area contributed by atoms with E-state index < -0.39 is 91.5 Å². The Morgan fingerprint density at radius 1 is 0.262 bits per heavy atom. The van der Waals surface area contributed by atoms with Gasteiger partial charge in [0, 0.05) is 19.3 Å². The summed E-state index contributed by atoms with van der Waals surface area (Å²) in [7, 11) is -9.83. The summed E-state index contributed by atoms with van der Waals surface area (Å²) in [6, 6.07) is 0. The van der Waals surface area contributed by atoms with Gasteiger partial charge in [-0.3, -0.25) is 32.5 Å². The van der Waals surface area contributed by atoms with Gasteiger partial charge < -0.3 is 34.2 Å². The van der Waals surface area contributed by atoms with Crippen molar-refractivity contribution in [1.82, 2.24) is 0 Å². The van der Waals surface area contributed by atoms with Gasteiger partial charge in [-0.1, -0.05) is 305 Å². The highest BCUT2D eigenvalue weighted by molar-refractivity contribution is 7.47. The van der Waals surface area contributed by atoms with E-state index in [-0.39, 0.29) is 19.3 Å². The topological polar surface area (TPSA) is 231 Å². The summed E-state index contributed by atoms with van der Waals surface area (Å²) in [5.74, 6) is -1.64. The fourth-order valence-corrected chi connectivity index (χ4v) is 11.8. The van der Waals surface area contributed by atoms with Crippen LogP contribution in [0, 0.1) is 0 Å². The molecule has 0 aromatic heterocycles. The number of hydrogen-bond donors (Lipinski definition) is 4. The fraction of sp³-hybridized carbons (Fsp3) is 0.607. The second-order valence-electron chi connectivity index (χ2n) is 26.4. The first kappa shape index (κ1) is 101. The van der Waals surface area contributed by atoms with Gasteiger partial charge in [0.2, 0.25) is 0 Å². The Hall–Kier alpha value is -5.61. The minimum absolute atomic E-state index is 0.0680. The van der Waals surface area contributed by atoms with Gasteiger partial charge in [-0.25, -0.2) is 9.13 Å². The molecule has 18 heteroatoms. The Bertz CT molecular complexity index is 2720. The number of aliphatic hydroxyl groups is 2. The van der Waals surface area contributed by atoms with Crippen molar-refractivity contribution >= 4 is 33.6 Å². The molecule has 16 nitrogen and oxygen atoms in total. The minimum Gasteiger partial charge on any atom is -0.463 e. The van der Waals surface area contributed by atoms with Crippen molar-refractivity contribution in [3.63, 3.8) is 0 Å². The van der Waals surface area contributed by atoms with Crippen LogP contribution in [0.25, 0.3) is 0 Å². The van der Waals surface area contributed by atoms with E-state index in [1.165, 1.54) is 38.5 Å². The second kappa shape index (κ2) is 79.9. The maximum absolute atomic E-state index is 13.0. The average molecular weight is 1530 g/mol. The third kappa shape index (κ3) is 81.2. The molecule has 0 saturated carbocycles. The molecule has 0 heterocycles. The van der Waals surface area contributed by atoms with Crippen LogP contribution in [0.5, 0.6) is 0 Å². The minimum atomic E-state index is -4.96. The Morgan fingerprint density at radius 3 is 0.738 bits per heavy atom. The first-order chi connectivity index (χ1) is 52.2. The van der Waals surface area contributed by atoms with Crippen molar-refractivity contribution in [3.8, 4) is 0 Å². The van der Waals surface area contributed by atoms with Gasteiger partial charge in [0.1, 0.15) is 25.4 Å². The lowest BCUT2D eigenvalue weighted by Gasteiger charge is -2.21. The molecule has 0 aromatic carbocycles. The number of unbranched alkanes of at least 4 members (excludes halogenated alkanes) is 20. The van der Waals surface area contributed by atoms with Crippen molar-refractivity contribution in [3.05, 3.63) is 194 Å². The molecule has 0 fully saturated rings. The van der Waals surface area contributed by atoms with E-state index in [2.05, 4.69) is 215 Å². The molecule has 0 aromatic rings. The lowest BCUT2D eigenvalue weighted by molar-refractivity contribution is -0.161. The normalized spacial score (nSPS) is 14.9. The van der Waals surface area contributed by atoms with Gasteiger partial charge in [-0.05, 0) is 161 Å².